The molecule has 2 fully saturated rings. The lowest BCUT2D eigenvalue weighted by Crippen LogP contribution is -2.32. The molecule has 0 aromatic heterocycles. The molecule has 0 aromatic rings. The van der Waals surface area contributed by atoms with Gasteiger partial charge in [0.2, 0.25) is 0 Å². The molecule has 2 aliphatic rings. The molecule has 0 unspecified atom stereocenters. The Labute approximate surface area is 113 Å². The highest BCUT2D eigenvalue weighted by Gasteiger charge is 2.43. The Morgan fingerprint density at radius 2 is 2.21 bits per heavy atom. The first-order valence-electron chi connectivity index (χ1n) is 6.74. The fourth-order valence-corrected chi connectivity index (χ4v) is 2.45. The lowest BCUT2D eigenvalue weighted by Gasteiger charge is -2.21. The predicted molar refractivity (Wildman–Crippen MR) is 68.5 cm³/mol. The zero-order valence-electron chi connectivity index (χ0n) is 12.0. The van der Waals surface area contributed by atoms with E-state index >= 15 is 0 Å². The molecule has 0 bridgehead atoms. The average Bonchev–Trinajstić information content (AvgIpc) is 2.84. The number of hydrogen-bond donors (Lipinski definition) is 0. The Balaban J connectivity index is 2.09. The summed E-state index contributed by atoms with van der Waals surface area (Å²) in [6, 6.07) is 0. The topological polar surface area (TPSA) is 54.0 Å². The molecule has 0 aromatic carbocycles. The van der Waals surface area contributed by atoms with Crippen LogP contribution in [0.2, 0.25) is 0 Å². The standard InChI is InChI=1S/C14H22O5/c1-5-16-12(15)6-10-9(2)7-17-13(10)11-8-18-14(3,4)19-11/h6,9,11,13H,5,7-8H2,1-4H3/b10-6+/t9-,11+,13-/m0/s1. The van der Waals surface area contributed by atoms with E-state index in [-0.39, 0.29) is 24.1 Å². The van der Waals surface area contributed by atoms with E-state index in [1.807, 2.05) is 20.8 Å². The van der Waals surface area contributed by atoms with Crippen LogP contribution in [-0.2, 0) is 23.7 Å². The van der Waals surface area contributed by atoms with Crippen molar-refractivity contribution < 1.29 is 23.7 Å². The summed E-state index contributed by atoms with van der Waals surface area (Å²) in [5.41, 5.74) is 0.935. The third-order valence-electron chi connectivity index (χ3n) is 3.36. The molecule has 0 spiro atoms. The lowest BCUT2D eigenvalue weighted by atomic mass is 9.96. The Morgan fingerprint density at radius 3 is 2.79 bits per heavy atom. The van der Waals surface area contributed by atoms with Crippen molar-refractivity contribution in [2.75, 3.05) is 19.8 Å². The fraction of sp³-hybridized carbons (Fsp3) is 0.786. The Kier molecular flexibility index (Phi) is 4.28. The van der Waals surface area contributed by atoms with E-state index in [0.29, 0.717) is 19.8 Å². The van der Waals surface area contributed by atoms with E-state index in [4.69, 9.17) is 18.9 Å². The highest BCUT2D eigenvalue weighted by molar-refractivity contribution is 5.83. The molecule has 2 saturated heterocycles. The molecular weight excluding hydrogens is 248 g/mol. The minimum absolute atomic E-state index is 0.166. The average molecular weight is 270 g/mol. The summed E-state index contributed by atoms with van der Waals surface area (Å²) in [5, 5.41) is 0. The Hall–Kier alpha value is -0.910. The van der Waals surface area contributed by atoms with Gasteiger partial charge >= 0.3 is 5.97 Å². The first kappa shape index (κ1) is 14.5. The summed E-state index contributed by atoms with van der Waals surface area (Å²) in [4.78, 5) is 11.6. The molecule has 0 aliphatic carbocycles. The second-order valence-electron chi connectivity index (χ2n) is 5.42. The zero-order chi connectivity index (χ0) is 14.0. The van der Waals surface area contributed by atoms with E-state index in [9.17, 15) is 4.79 Å². The van der Waals surface area contributed by atoms with E-state index in [1.165, 1.54) is 0 Å². The van der Waals surface area contributed by atoms with Crippen molar-refractivity contribution in [2.45, 2.75) is 45.7 Å². The molecule has 0 saturated carbocycles. The van der Waals surface area contributed by atoms with E-state index in [1.54, 1.807) is 13.0 Å². The second kappa shape index (κ2) is 5.61. The first-order valence-corrected chi connectivity index (χ1v) is 6.74. The maximum atomic E-state index is 11.6. The van der Waals surface area contributed by atoms with E-state index < -0.39 is 5.79 Å². The van der Waals surface area contributed by atoms with Crippen LogP contribution >= 0.6 is 0 Å². The van der Waals surface area contributed by atoms with Gasteiger partial charge in [-0.3, -0.25) is 0 Å². The molecule has 2 heterocycles. The minimum Gasteiger partial charge on any atom is -0.463 e. The number of rotatable bonds is 3. The third kappa shape index (κ3) is 3.35. The maximum absolute atomic E-state index is 11.6. The van der Waals surface area contributed by atoms with Crippen LogP contribution in [0.3, 0.4) is 0 Å². The third-order valence-corrected chi connectivity index (χ3v) is 3.36. The van der Waals surface area contributed by atoms with Crippen LogP contribution in [0.4, 0.5) is 0 Å². The molecule has 0 radical (unpaired) electrons. The van der Waals surface area contributed by atoms with Gasteiger partial charge in [0.15, 0.2) is 5.79 Å². The van der Waals surface area contributed by atoms with Gasteiger partial charge in [0.1, 0.15) is 12.2 Å². The van der Waals surface area contributed by atoms with Crippen molar-refractivity contribution >= 4 is 5.97 Å². The van der Waals surface area contributed by atoms with Gasteiger partial charge in [-0.25, -0.2) is 4.79 Å². The maximum Gasteiger partial charge on any atom is 0.330 e. The molecule has 2 rings (SSSR count). The Morgan fingerprint density at radius 1 is 1.47 bits per heavy atom. The highest BCUT2D eigenvalue weighted by atomic mass is 16.7. The molecule has 0 N–H and O–H groups in total. The summed E-state index contributed by atoms with van der Waals surface area (Å²) >= 11 is 0. The molecule has 3 atom stereocenters. The molecule has 2 aliphatic heterocycles. The SMILES string of the molecule is CCOC(=O)/C=C1\[C@@H](C)CO[C@@H]1[C@H]1COC(C)(C)O1. The van der Waals surface area contributed by atoms with Crippen LogP contribution in [0, 0.1) is 5.92 Å². The summed E-state index contributed by atoms with van der Waals surface area (Å²) in [7, 11) is 0. The van der Waals surface area contributed by atoms with E-state index in [2.05, 4.69) is 0 Å². The summed E-state index contributed by atoms with van der Waals surface area (Å²) < 4.78 is 22.1. The second-order valence-corrected chi connectivity index (χ2v) is 5.42. The number of hydrogen-bond acceptors (Lipinski definition) is 5. The van der Waals surface area contributed by atoms with Crippen LogP contribution < -0.4 is 0 Å². The monoisotopic (exact) mass is 270 g/mol. The van der Waals surface area contributed by atoms with Crippen LogP contribution in [0.5, 0.6) is 0 Å². The number of carbonyl (C=O) groups is 1. The normalized spacial score (nSPS) is 35.8. The summed E-state index contributed by atoms with van der Waals surface area (Å²) in [6.45, 7) is 9.02. The quantitative estimate of drug-likeness (QED) is 0.576. The van der Waals surface area contributed by atoms with Gasteiger partial charge in [0, 0.05) is 12.0 Å². The van der Waals surface area contributed by atoms with Crippen LogP contribution in [0.15, 0.2) is 11.6 Å². The molecule has 108 valence electrons. The molecule has 19 heavy (non-hydrogen) atoms. The molecule has 0 amide bonds. The number of esters is 1. The van der Waals surface area contributed by atoms with Crippen molar-refractivity contribution in [1.29, 1.82) is 0 Å². The Bertz CT molecular complexity index is 374. The zero-order valence-corrected chi connectivity index (χ0v) is 12.0. The van der Waals surface area contributed by atoms with Crippen molar-refractivity contribution in [2.24, 2.45) is 5.92 Å². The molecule has 5 nitrogen and oxygen atoms in total. The van der Waals surface area contributed by atoms with Gasteiger partial charge < -0.3 is 18.9 Å². The summed E-state index contributed by atoms with van der Waals surface area (Å²) in [5.74, 6) is -0.714. The van der Waals surface area contributed by atoms with E-state index in [0.717, 1.165) is 5.57 Å². The van der Waals surface area contributed by atoms with Crippen LogP contribution in [-0.4, -0.2) is 43.8 Å². The predicted octanol–water partition coefficient (Wildman–Crippen LogP) is 1.66. The lowest BCUT2D eigenvalue weighted by molar-refractivity contribution is -0.149. The van der Waals surface area contributed by atoms with Gasteiger partial charge in [-0.05, 0) is 26.3 Å². The molecule has 5 heteroatoms. The smallest absolute Gasteiger partial charge is 0.330 e. The minimum atomic E-state index is -0.588. The highest BCUT2D eigenvalue weighted by Crippen LogP contribution is 2.34. The van der Waals surface area contributed by atoms with Gasteiger partial charge in [-0.15, -0.1) is 0 Å². The summed E-state index contributed by atoms with van der Waals surface area (Å²) in [6.07, 6.45) is 1.15. The first-order chi connectivity index (χ1) is 8.93. The van der Waals surface area contributed by atoms with Gasteiger partial charge in [-0.2, -0.15) is 0 Å². The van der Waals surface area contributed by atoms with Crippen molar-refractivity contribution in [1.82, 2.24) is 0 Å². The fourth-order valence-electron chi connectivity index (χ4n) is 2.45. The van der Waals surface area contributed by atoms with Gasteiger partial charge in [-0.1, -0.05) is 6.92 Å². The van der Waals surface area contributed by atoms with Crippen LogP contribution in [0.1, 0.15) is 27.7 Å². The van der Waals surface area contributed by atoms with Crippen molar-refractivity contribution in [3.8, 4) is 0 Å². The van der Waals surface area contributed by atoms with Crippen molar-refractivity contribution in [3.05, 3.63) is 11.6 Å². The van der Waals surface area contributed by atoms with Crippen molar-refractivity contribution in [3.63, 3.8) is 0 Å². The largest absolute Gasteiger partial charge is 0.463 e. The van der Waals surface area contributed by atoms with Gasteiger partial charge in [0.05, 0.1) is 19.8 Å². The van der Waals surface area contributed by atoms with Gasteiger partial charge in [0.25, 0.3) is 0 Å². The van der Waals surface area contributed by atoms with Crippen LogP contribution in [0.25, 0.3) is 0 Å². The molecular formula is C14H22O5. The number of ether oxygens (including phenoxy) is 4. The number of carbonyl (C=O) groups excluding carboxylic acids is 1.